The first-order valence-electron chi connectivity index (χ1n) is 5.19. The number of nitrogens with zero attached hydrogens (tertiary/aromatic N) is 1. The molecule has 0 atom stereocenters. The maximum atomic E-state index is 11.9. The number of allylic oxidation sites excluding steroid dienone is 1. The van der Waals surface area contributed by atoms with E-state index in [2.05, 4.69) is 18.8 Å². The summed E-state index contributed by atoms with van der Waals surface area (Å²) in [7, 11) is 0. The molecule has 0 N–H and O–H groups in total. The topological polar surface area (TPSA) is 30.0 Å². The quantitative estimate of drug-likeness (QED) is 0.681. The molecule has 1 fully saturated rings. The molecule has 0 bridgehead atoms. The van der Waals surface area contributed by atoms with Crippen molar-refractivity contribution in [3.8, 4) is 0 Å². The molecule has 0 radical (unpaired) electrons. The Morgan fingerprint density at radius 3 is 2.93 bits per heavy atom. The van der Waals surface area contributed by atoms with Gasteiger partial charge in [-0.25, -0.2) is 0 Å². The van der Waals surface area contributed by atoms with Gasteiger partial charge in [-0.1, -0.05) is 13.8 Å². The van der Waals surface area contributed by atoms with E-state index >= 15 is 0 Å². The van der Waals surface area contributed by atoms with Gasteiger partial charge in [0.2, 0.25) is 0 Å². The van der Waals surface area contributed by atoms with Crippen molar-refractivity contribution in [2.75, 3.05) is 0 Å². The number of ketones is 1. The predicted molar refractivity (Wildman–Crippen MR) is 62.7 cm³/mol. The van der Waals surface area contributed by atoms with Crippen LogP contribution >= 0.6 is 11.3 Å². The van der Waals surface area contributed by atoms with Crippen LogP contribution < -0.4 is 0 Å². The zero-order chi connectivity index (χ0) is 10.9. The number of thiazole rings is 1. The van der Waals surface area contributed by atoms with E-state index in [9.17, 15) is 4.79 Å². The number of aromatic nitrogens is 1. The molecule has 0 saturated heterocycles. The summed E-state index contributed by atoms with van der Waals surface area (Å²) in [5.41, 5.74) is 2.95. The third-order valence-electron chi connectivity index (χ3n) is 2.84. The summed E-state index contributed by atoms with van der Waals surface area (Å²) in [4.78, 5) is 16.9. The second kappa shape index (κ2) is 3.89. The number of Topliss-reactive ketones (excluding diaryl/α,β-unsaturated/α-hetero) is 1. The Morgan fingerprint density at radius 2 is 2.33 bits per heavy atom. The first-order chi connectivity index (χ1) is 7.07. The Labute approximate surface area is 94.0 Å². The zero-order valence-corrected chi connectivity index (χ0v) is 9.93. The lowest BCUT2D eigenvalue weighted by Gasteiger charge is -2.29. The summed E-state index contributed by atoms with van der Waals surface area (Å²) < 4.78 is 0. The van der Waals surface area contributed by atoms with Crippen LogP contribution in [-0.4, -0.2) is 10.8 Å². The van der Waals surface area contributed by atoms with E-state index in [0.29, 0.717) is 12.2 Å². The molecule has 0 spiro atoms. The Balaban J connectivity index is 2.16. The van der Waals surface area contributed by atoms with Crippen molar-refractivity contribution in [2.24, 2.45) is 5.41 Å². The largest absolute Gasteiger partial charge is 0.295 e. The molecular weight excluding hydrogens is 206 g/mol. The van der Waals surface area contributed by atoms with Gasteiger partial charge in [0.05, 0.1) is 5.51 Å². The van der Waals surface area contributed by atoms with Gasteiger partial charge in [0.1, 0.15) is 0 Å². The van der Waals surface area contributed by atoms with Gasteiger partial charge in [0, 0.05) is 17.5 Å². The Morgan fingerprint density at radius 1 is 1.53 bits per heavy atom. The smallest absolute Gasteiger partial charge is 0.159 e. The lowest BCUT2D eigenvalue weighted by atomic mass is 9.75. The summed E-state index contributed by atoms with van der Waals surface area (Å²) in [6, 6.07) is 0. The molecule has 0 aliphatic heterocycles. The van der Waals surface area contributed by atoms with Crippen LogP contribution in [0.25, 0.3) is 6.08 Å². The normalized spacial score (nSPS) is 23.3. The van der Waals surface area contributed by atoms with Gasteiger partial charge in [0.25, 0.3) is 0 Å². The molecule has 1 aliphatic carbocycles. The second-order valence-corrected chi connectivity index (χ2v) is 5.76. The minimum atomic E-state index is 0.183. The van der Waals surface area contributed by atoms with E-state index < -0.39 is 0 Å². The predicted octanol–water partition coefficient (Wildman–Crippen LogP) is 3.31. The molecule has 15 heavy (non-hydrogen) atoms. The molecule has 0 amide bonds. The van der Waals surface area contributed by atoms with Gasteiger partial charge in [0.15, 0.2) is 5.78 Å². The molecule has 2 nitrogen and oxygen atoms in total. The van der Waals surface area contributed by atoms with Crippen molar-refractivity contribution in [1.29, 1.82) is 0 Å². The van der Waals surface area contributed by atoms with E-state index in [4.69, 9.17) is 0 Å². The number of carbonyl (C=O) groups is 1. The Kier molecular flexibility index (Phi) is 2.74. The maximum absolute atomic E-state index is 11.9. The Hall–Kier alpha value is -0.960. The van der Waals surface area contributed by atoms with Gasteiger partial charge >= 0.3 is 0 Å². The highest BCUT2D eigenvalue weighted by molar-refractivity contribution is 7.10. The summed E-state index contributed by atoms with van der Waals surface area (Å²) >= 11 is 1.58. The van der Waals surface area contributed by atoms with Crippen LogP contribution in [0, 0.1) is 5.41 Å². The number of hydrogen-bond donors (Lipinski definition) is 0. The molecule has 1 saturated carbocycles. The summed E-state index contributed by atoms with van der Waals surface area (Å²) in [5, 5.41) is 0. The first-order valence-corrected chi connectivity index (χ1v) is 6.07. The number of carbonyl (C=O) groups excluding carboxylic acids is 1. The second-order valence-electron chi connectivity index (χ2n) is 4.84. The highest BCUT2D eigenvalue weighted by atomic mass is 32.1. The van der Waals surface area contributed by atoms with E-state index in [-0.39, 0.29) is 5.41 Å². The fourth-order valence-electron chi connectivity index (χ4n) is 1.87. The molecule has 80 valence electrons. The average Bonchev–Trinajstić information content (AvgIpc) is 2.61. The molecule has 1 aliphatic rings. The lowest BCUT2D eigenvalue weighted by Crippen LogP contribution is -2.24. The maximum Gasteiger partial charge on any atom is 0.159 e. The summed E-state index contributed by atoms with van der Waals surface area (Å²) in [6.07, 6.45) is 6.49. The third kappa shape index (κ3) is 2.53. The molecule has 1 heterocycles. The van der Waals surface area contributed by atoms with Crippen molar-refractivity contribution < 1.29 is 4.79 Å². The van der Waals surface area contributed by atoms with Crippen LogP contribution in [0.5, 0.6) is 0 Å². The number of hydrogen-bond acceptors (Lipinski definition) is 3. The monoisotopic (exact) mass is 221 g/mol. The van der Waals surface area contributed by atoms with Crippen molar-refractivity contribution in [3.05, 3.63) is 22.2 Å². The van der Waals surface area contributed by atoms with Gasteiger partial charge < -0.3 is 0 Å². The van der Waals surface area contributed by atoms with Gasteiger partial charge in [-0.2, -0.15) is 0 Å². The van der Waals surface area contributed by atoms with E-state index in [1.54, 1.807) is 16.8 Å². The minimum Gasteiger partial charge on any atom is -0.295 e. The van der Waals surface area contributed by atoms with Gasteiger partial charge in [-0.05, 0) is 29.9 Å². The fraction of sp³-hybridized carbons (Fsp3) is 0.500. The van der Waals surface area contributed by atoms with Crippen LogP contribution in [0.1, 0.15) is 38.0 Å². The van der Waals surface area contributed by atoms with Crippen LogP contribution in [-0.2, 0) is 4.79 Å². The van der Waals surface area contributed by atoms with Crippen LogP contribution in [0.2, 0.25) is 0 Å². The number of rotatable bonds is 1. The van der Waals surface area contributed by atoms with Crippen molar-refractivity contribution in [1.82, 2.24) is 4.98 Å². The van der Waals surface area contributed by atoms with E-state index in [0.717, 1.165) is 23.3 Å². The third-order valence-corrected chi connectivity index (χ3v) is 3.56. The molecule has 0 unspecified atom stereocenters. The minimum absolute atomic E-state index is 0.183. The zero-order valence-electron chi connectivity index (χ0n) is 9.12. The average molecular weight is 221 g/mol. The summed E-state index contributed by atoms with van der Waals surface area (Å²) in [5.74, 6) is 0.305. The van der Waals surface area contributed by atoms with E-state index in [1.807, 2.05) is 12.3 Å². The Bertz CT molecular complexity index is 390. The first kappa shape index (κ1) is 10.6. The van der Waals surface area contributed by atoms with Crippen LogP contribution in [0.4, 0.5) is 0 Å². The molecule has 1 aromatic rings. The van der Waals surface area contributed by atoms with Gasteiger partial charge in [-0.3, -0.25) is 9.78 Å². The molecule has 0 aromatic carbocycles. The summed E-state index contributed by atoms with van der Waals surface area (Å²) in [6.45, 7) is 4.32. The fourth-order valence-corrected chi connectivity index (χ4v) is 2.45. The van der Waals surface area contributed by atoms with Gasteiger partial charge in [-0.15, -0.1) is 11.3 Å². The highest BCUT2D eigenvalue weighted by Gasteiger charge is 2.29. The molecule has 2 rings (SSSR count). The van der Waals surface area contributed by atoms with Crippen LogP contribution in [0.3, 0.4) is 0 Å². The van der Waals surface area contributed by atoms with Crippen LogP contribution in [0.15, 0.2) is 17.3 Å². The molecular formula is C12H15NOS. The highest BCUT2D eigenvalue weighted by Crippen LogP contribution is 2.36. The van der Waals surface area contributed by atoms with Crippen molar-refractivity contribution in [2.45, 2.75) is 33.1 Å². The van der Waals surface area contributed by atoms with E-state index in [1.165, 1.54) is 0 Å². The molecule has 1 aromatic heterocycles. The van der Waals surface area contributed by atoms with Crippen molar-refractivity contribution >= 4 is 23.2 Å². The SMILES string of the molecule is CC1(C)CCC(=Cc2cncs2)C(=O)C1. The lowest BCUT2D eigenvalue weighted by molar-refractivity contribution is -0.118. The standard InChI is InChI=1S/C12H15NOS/c1-12(2)4-3-9(11(14)6-12)5-10-7-13-8-15-10/h5,7-8H,3-4,6H2,1-2H3. The van der Waals surface area contributed by atoms with Crippen molar-refractivity contribution in [3.63, 3.8) is 0 Å². The molecule has 3 heteroatoms.